The molecule has 0 spiro atoms. The van der Waals surface area contributed by atoms with Gasteiger partial charge in [-0.05, 0) is 65.4 Å². The first-order valence-electron chi connectivity index (χ1n) is 10.8. The zero-order chi connectivity index (χ0) is 26.5. The van der Waals surface area contributed by atoms with Crippen molar-refractivity contribution in [1.82, 2.24) is 4.90 Å². The molecule has 0 aromatic heterocycles. The van der Waals surface area contributed by atoms with E-state index in [0.29, 0.717) is 27.6 Å². The van der Waals surface area contributed by atoms with Crippen molar-refractivity contribution in [3.05, 3.63) is 98.4 Å². The quantitative estimate of drug-likeness (QED) is 0.330. The van der Waals surface area contributed by atoms with Crippen molar-refractivity contribution >= 4 is 69.8 Å². The van der Waals surface area contributed by atoms with Crippen LogP contribution in [0.2, 0.25) is 10.0 Å². The maximum absolute atomic E-state index is 12.8. The zero-order valence-electron chi connectivity index (χ0n) is 18.9. The highest BCUT2D eigenvalue weighted by molar-refractivity contribution is 8.18. The third kappa shape index (κ3) is 6.51. The number of hydrogen-bond acceptors (Lipinski definition) is 6. The number of thioether (sulfide) groups is 1. The highest BCUT2D eigenvalue weighted by Gasteiger charge is 2.36. The van der Waals surface area contributed by atoms with Crippen molar-refractivity contribution in [2.24, 2.45) is 0 Å². The fourth-order valence-electron chi connectivity index (χ4n) is 3.36. The van der Waals surface area contributed by atoms with Crippen LogP contribution in [0.25, 0.3) is 6.08 Å². The summed E-state index contributed by atoms with van der Waals surface area (Å²) in [7, 11) is 0. The number of imide groups is 1. The monoisotopic (exact) mass is 556 g/mol. The molecule has 11 heteroatoms. The van der Waals surface area contributed by atoms with E-state index in [1.165, 1.54) is 18.2 Å². The molecule has 0 saturated carbocycles. The van der Waals surface area contributed by atoms with Gasteiger partial charge in [0.15, 0.2) is 0 Å². The first-order valence-corrected chi connectivity index (χ1v) is 12.3. The number of carboxylic acid groups (broad SMARTS) is 1. The van der Waals surface area contributed by atoms with Crippen LogP contribution in [0.15, 0.2) is 71.6 Å². The summed E-state index contributed by atoms with van der Waals surface area (Å²) in [6.45, 7) is -0.348. The van der Waals surface area contributed by atoms with Crippen LogP contribution in [-0.4, -0.2) is 39.6 Å². The van der Waals surface area contributed by atoms with Crippen molar-refractivity contribution in [2.75, 3.05) is 11.9 Å². The Hall–Kier alpha value is -3.79. The molecule has 1 aliphatic heterocycles. The minimum Gasteiger partial charge on any atom is -0.487 e. The summed E-state index contributed by atoms with van der Waals surface area (Å²) in [5.74, 6) is -1.83. The van der Waals surface area contributed by atoms with Gasteiger partial charge in [-0.15, -0.1) is 0 Å². The number of para-hydroxylation sites is 1. The van der Waals surface area contributed by atoms with E-state index in [0.717, 1.165) is 16.7 Å². The number of nitrogens with zero attached hydrogens (tertiary/aromatic N) is 1. The first kappa shape index (κ1) is 26.3. The van der Waals surface area contributed by atoms with Gasteiger partial charge < -0.3 is 15.2 Å². The van der Waals surface area contributed by atoms with Crippen molar-refractivity contribution in [2.45, 2.75) is 6.61 Å². The molecule has 37 heavy (non-hydrogen) atoms. The SMILES string of the molecule is O=C(CN1C(=O)S/C(=C/c2ccc(OCc3cccc(C(=O)O)c3)c(Cl)c2)C1=O)Nc1ccccc1Cl. The molecule has 0 radical (unpaired) electrons. The number of ether oxygens (including phenoxy) is 1. The van der Waals surface area contributed by atoms with E-state index in [1.54, 1.807) is 54.6 Å². The van der Waals surface area contributed by atoms with Crippen LogP contribution in [0, 0.1) is 0 Å². The normalized spacial score (nSPS) is 14.2. The highest BCUT2D eigenvalue weighted by atomic mass is 35.5. The van der Waals surface area contributed by atoms with E-state index in [2.05, 4.69) is 5.32 Å². The van der Waals surface area contributed by atoms with E-state index in [9.17, 15) is 19.2 Å². The van der Waals surface area contributed by atoms with E-state index >= 15 is 0 Å². The van der Waals surface area contributed by atoms with Gasteiger partial charge in [0.25, 0.3) is 11.1 Å². The second-order valence-electron chi connectivity index (χ2n) is 7.78. The molecule has 0 atom stereocenters. The first-order chi connectivity index (χ1) is 17.7. The van der Waals surface area contributed by atoms with Gasteiger partial charge in [-0.2, -0.15) is 0 Å². The summed E-state index contributed by atoms with van der Waals surface area (Å²) < 4.78 is 5.70. The number of anilines is 1. The Balaban J connectivity index is 1.40. The van der Waals surface area contributed by atoms with Gasteiger partial charge in [-0.1, -0.05) is 53.5 Å². The maximum atomic E-state index is 12.8. The minimum atomic E-state index is -1.03. The molecule has 1 heterocycles. The van der Waals surface area contributed by atoms with Crippen LogP contribution in [0.3, 0.4) is 0 Å². The lowest BCUT2D eigenvalue weighted by Gasteiger charge is -2.13. The molecular weight excluding hydrogens is 539 g/mol. The molecule has 1 aliphatic rings. The molecule has 0 bridgehead atoms. The predicted molar refractivity (Wildman–Crippen MR) is 142 cm³/mol. The molecule has 2 N–H and O–H groups in total. The highest BCUT2D eigenvalue weighted by Crippen LogP contribution is 2.34. The molecule has 188 valence electrons. The molecule has 3 amide bonds. The number of benzene rings is 3. The van der Waals surface area contributed by atoms with Crippen molar-refractivity contribution in [3.63, 3.8) is 0 Å². The van der Waals surface area contributed by atoms with E-state index in [4.69, 9.17) is 33.0 Å². The van der Waals surface area contributed by atoms with Gasteiger partial charge in [-0.3, -0.25) is 19.3 Å². The average molecular weight is 557 g/mol. The summed E-state index contributed by atoms with van der Waals surface area (Å²) in [5, 5.41) is 11.7. The van der Waals surface area contributed by atoms with E-state index in [1.807, 2.05) is 0 Å². The maximum Gasteiger partial charge on any atom is 0.335 e. The lowest BCUT2D eigenvalue weighted by atomic mass is 10.1. The second-order valence-corrected chi connectivity index (χ2v) is 9.59. The number of carbonyl (C=O) groups is 4. The van der Waals surface area contributed by atoms with Crippen LogP contribution >= 0.6 is 35.0 Å². The van der Waals surface area contributed by atoms with Gasteiger partial charge in [0, 0.05) is 0 Å². The molecule has 0 unspecified atom stereocenters. The Labute approximate surface area is 225 Å². The van der Waals surface area contributed by atoms with E-state index in [-0.39, 0.29) is 22.1 Å². The largest absolute Gasteiger partial charge is 0.487 e. The van der Waals surface area contributed by atoms with Crippen molar-refractivity contribution in [3.8, 4) is 5.75 Å². The predicted octanol–water partition coefficient (Wildman–Crippen LogP) is 5.95. The van der Waals surface area contributed by atoms with Crippen molar-refractivity contribution in [1.29, 1.82) is 0 Å². The third-order valence-corrected chi connectivity index (χ3v) is 6.68. The molecule has 4 rings (SSSR count). The zero-order valence-corrected chi connectivity index (χ0v) is 21.3. The van der Waals surface area contributed by atoms with Gasteiger partial charge in [0.1, 0.15) is 18.9 Å². The average Bonchev–Trinajstić information content (AvgIpc) is 3.12. The molecule has 3 aromatic rings. The fraction of sp³-hybridized carbons (Fsp3) is 0.0769. The number of nitrogens with one attached hydrogen (secondary N) is 1. The summed E-state index contributed by atoms with van der Waals surface area (Å²) in [6.07, 6.45) is 1.50. The molecular formula is C26H18Cl2N2O6S. The summed E-state index contributed by atoms with van der Waals surface area (Å²) in [4.78, 5) is 49.6. The lowest BCUT2D eigenvalue weighted by molar-refractivity contribution is -0.127. The molecule has 3 aromatic carbocycles. The number of carboxylic acids is 1. The Morgan fingerprint density at radius 2 is 1.78 bits per heavy atom. The Bertz CT molecular complexity index is 1440. The third-order valence-electron chi connectivity index (χ3n) is 5.15. The van der Waals surface area contributed by atoms with Crippen LogP contribution in [0.4, 0.5) is 10.5 Å². The van der Waals surface area contributed by atoms with Crippen LogP contribution in [-0.2, 0) is 16.2 Å². The summed E-state index contributed by atoms with van der Waals surface area (Å²) >= 11 is 13.1. The van der Waals surface area contributed by atoms with Gasteiger partial charge in [0.2, 0.25) is 5.91 Å². The Kier molecular flexibility index (Phi) is 8.17. The number of amides is 3. The summed E-state index contributed by atoms with van der Waals surface area (Å²) in [5.41, 5.74) is 1.74. The van der Waals surface area contributed by atoms with Crippen LogP contribution in [0.1, 0.15) is 21.5 Å². The van der Waals surface area contributed by atoms with Crippen LogP contribution < -0.4 is 10.1 Å². The van der Waals surface area contributed by atoms with Crippen LogP contribution in [0.5, 0.6) is 5.75 Å². The molecule has 1 saturated heterocycles. The summed E-state index contributed by atoms with van der Waals surface area (Å²) in [6, 6.07) is 17.8. The minimum absolute atomic E-state index is 0.106. The standard InChI is InChI=1S/C26H18Cl2N2O6S/c27-18-6-1-2-7-20(18)29-23(31)13-30-24(32)22(37-26(30)35)12-15-8-9-21(19(28)11-15)36-14-16-4-3-5-17(10-16)25(33)34/h1-12H,13-14H2,(H,29,31)(H,33,34)/b22-12+. The number of halogens is 2. The lowest BCUT2D eigenvalue weighted by Crippen LogP contribution is -2.36. The molecule has 0 aliphatic carbocycles. The Morgan fingerprint density at radius 3 is 2.51 bits per heavy atom. The number of rotatable bonds is 8. The van der Waals surface area contributed by atoms with Gasteiger partial charge in [0.05, 0.1) is 26.2 Å². The van der Waals surface area contributed by atoms with Gasteiger partial charge in [-0.25, -0.2) is 4.79 Å². The smallest absolute Gasteiger partial charge is 0.335 e. The van der Waals surface area contributed by atoms with E-state index < -0.39 is 29.6 Å². The second kappa shape index (κ2) is 11.5. The topological polar surface area (TPSA) is 113 Å². The molecule has 8 nitrogen and oxygen atoms in total. The fourth-order valence-corrected chi connectivity index (χ4v) is 4.63. The number of aromatic carboxylic acids is 1. The number of carbonyl (C=O) groups excluding carboxylic acids is 3. The molecule has 1 fully saturated rings. The Morgan fingerprint density at radius 1 is 1.00 bits per heavy atom. The van der Waals surface area contributed by atoms with Gasteiger partial charge >= 0.3 is 5.97 Å². The number of hydrogen-bond donors (Lipinski definition) is 2. The van der Waals surface area contributed by atoms with Crippen molar-refractivity contribution < 1.29 is 29.0 Å².